The molecule has 100 valence electrons. The zero-order chi connectivity index (χ0) is 13.9. The maximum Gasteiger partial charge on any atom is 0.397 e. The monoisotopic (exact) mass is 261 g/mol. The Hall–Kier alpha value is -1.72. The molecule has 0 radical (unpaired) electrons. The molecule has 0 bridgehead atoms. The summed E-state index contributed by atoms with van der Waals surface area (Å²) in [6, 6.07) is 4.25. The van der Waals surface area contributed by atoms with E-state index in [1.807, 2.05) is 0 Å². The first-order valence-electron chi connectivity index (χ1n) is 5.41. The number of amides is 1. The highest BCUT2D eigenvalue weighted by atomic mass is 19.4. The average molecular weight is 261 g/mol. The molecule has 1 aromatic rings. The molecule has 0 aliphatic heterocycles. The molecule has 18 heavy (non-hydrogen) atoms. The molecular formula is C12H14F3NO2. The number of halogens is 3. The number of hydrogen-bond donors (Lipinski definition) is 1. The van der Waals surface area contributed by atoms with Crippen LogP contribution in [-0.4, -0.2) is 23.7 Å². The molecule has 0 fully saturated rings. The van der Waals surface area contributed by atoms with Crippen LogP contribution in [-0.2, 0) is 4.79 Å². The van der Waals surface area contributed by atoms with Crippen molar-refractivity contribution in [2.24, 2.45) is 0 Å². The van der Waals surface area contributed by atoms with Crippen LogP contribution in [0.3, 0.4) is 0 Å². The molecule has 0 unspecified atom stereocenters. The summed E-state index contributed by atoms with van der Waals surface area (Å²) in [6.45, 7) is 3.36. The van der Waals surface area contributed by atoms with Crippen molar-refractivity contribution in [3.8, 4) is 5.75 Å². The SMILES string of the molecule is CCN(C(=O)CC(F)(F)F)c1cc(O)ccc1C. The molecule has 0 aliphatic carbocycles. The van der Waals surface area contributed by atoms with Crippen molar-refractivity contribution < 1.29 is 23.1 Å². The van der Waals surface area contributed by atoms with Gasteiger partial charge in [-0.15, -0.1) is 0 Å². The fourth-order valence-electron chi connectivity index (χ4n) is 1.64. The van der Waals surface area contributed by atoms with Gasteiger partial charge < -0.3 is 10.0 Å². The number of phenols is 1. The summed E-state index contributed by atoms with van der Waals surface area (Å²) >= 11 is 0. The van der Waals surface area contributed by atoms with Crippen LogP contribution in [0.25, 0.3) is 0 Å². The number of benzene rings is 1. The maximum atomic E-state index is 12.2. The van der Waals surface area contributed by atoms with Crippen LogP contribution >= 0.6 is 0 Å². The van der Waals surface area contributed by atoms with Crippen LogP contribution in [0.4, 0.5) is 18.9 Å². The first kappa shape index (κ1) is 14.3. The van der Waals surface area contributed by atoms with Crippen molar-refractivity contribution in [2.45, 2.75) is 26.4 Å². The Bertz CT molecular complexity index is 443. The minimum atomic E-state index is -4.53. The highest BCUT2D eigenvalue weighted by molar-refractivity contribution is 5.94. The molecule has 0 aromatic heterocycles. The van der Waals surface area contributed by atoms with E-state index in [2.05, 4.69) is 0 Å². The van der Waals surface area contributed by atoms with Gasteiger partial charge in [0, 0.05) is 12.6 Å². The minimum Gasteiger partial charge on any atom is -0.508 e. The zero-order valence-corrected chi connectivity index (χ0v) is 10.1. The summed E-state index contributed by atoms with van der Waals surface area (Å²) in [5, 5.41) is 9.34. The zero-order valence-electron chi connectivity index (χ0n) is 10.1. The molecule has 0 spiro atoms. The van der Waals surface area contributed by atoms with E-state index < -0.39 is 18.5 Å². The van der Waals surface area contributed by atoms with E-state index >= 15 is 0 Å². The molecule has 1 N–H and O–H groups in total. The Morgan fingerprint density at radius 3 is 2.50 bits per heavy atom. The number of aryl methyl sites for hydroxylation is 1. The highest BCUT2D eigenvalue weighted by Crippen LogP contribution is 2.28. The third-order valence-corrected chi connectivity index (χ3v) is 2.45. The van der Waals surface area contributed by atoms with Crippen molar-refractivity contribution in [3.05, 3.63) is 23.8 Å². The van der Waals surface area contributed by atoms with Crippen LogP contribution < -0.4 is 4.90 Å². The van der Waals surface area contributed by atoms with E-state index in [1.54, 1.807) is 19.9 Å². The summed E-state index contributed by atoms with van der Waals surface area (Å²) in [7, 11) is 0. The first-order chi connectivity index (χ1) is 8.24. The van der Waals surface area contributed by atoms with Gasteiger partial charge in [-0.3, -0.25) is 4.79 Å². The number of hydrogen-bond acceptors (Lipinski definition) is 2. The average Bonchev–Trinajstić information content (AvgIpc) is 2.21. The van der Waals surface area contributed by atoms with Gasteiger partial charge in [0.2, 0.25) is 5.91 Å². The predicted octanol–water partition coefficient (Wildman–Crippen LogP) is 3.01. The molecule has 0 saturated carbocycles. The van der Waals surface area contributed by atoms with Gasteiger partial charge in [0.15, 0.2) is 0 Å². The van der Waals surface area contributed by atoms with E-state index in [-0.39, 0.29) is 12.3 Å². The van der Waals surface area contributed by atoms with Gasteiger partial charge in [0.25, 0.3) is 0 Å². The summed E-state index contributed by atoms with van der Waals surface area (Å²) in [6.07, 6.45) is -6.04. The molecular weight excluding hydrogens is 247 g/mol. The molecule has 1 rings (SSSR count). The normalized spacial score (nSPS) is 11.4. The number of aromatic hydroxyl groups is 1. The van der Waals surface area contributed by atoms with Crippen LogP contribution in [0, 0.1) is 6.92 Å². The lowest BCUT2D eigenvalue weighted by Crippen LogP contribution is -2.34. The second-order valence-corrected chi connectivity index (χ2v) is 3.90. The van der Waals surface area contributed by atoms with Crippen molar-refractivity contribution in [1.82, 2.24) is 0 Å². The van der Waals surface area contributed by atoms with Gasteiger partial charge in [-0.1, -0.05) is 6.07 Å². The second-order valence-electron chi connectivity index (χ2n) is 3.90. The molecule has 0 aliphatic rings. The fourth-order valence-corrected chi connectivity index (χ4v) is 1.64. The molecule has 1 aromatic carbocycles. The van der Waals surface area contributed by atoms with Gasteiger partial charge in [0.05, 0.1) is 5.69 Å². The molecule has 6 heteroatoms. The van der Waals surface area contributed by atoms with Gasteiger partial charge in [-0.2, -0.15) is 13.2 Å². The van der Waals surface area contributed by atoms with Crippen molar-refractivity contribution in [3.63, 3.8) is 0 Å². The van der Waals surface area contributed by atoms with Gasteiger partial charge in [0.1, 0.15) is 12.2 Å². The standard InChI is InChI=1S/C12H14F3NO2/c1-3-16(11(18)7-12(13,14)15)10-6-9(17)5-4-8(10)2/h4-6,17H,3,7H2,1-2H3. The first-order valence-corrected chi connectivity index (χ1v) is 5.41. The fraction of sp³-hybridized carbons (Fsp3) is 0.417. The van der Waals surface area contributed by atoms with Crippen LogP contribution in [0.2, 0.25) is 0 Å². The molecule has 0 atom stereocenters. The van der Waals surface area contributed by atoms with E-state index in [0.29, 0.717) is 11.3 Å². The summed E-state index contributed by atoms with van der Waals surface area (Å²) in [4.78, 5) is 12.6. The third-order valence-electron chi connectivity index (χ3n) is 2.45. The number of phenolic OH excluding ortho intramolecular Hbond substituents is 1. The Morgan fingerprint density at radius 1 is 1.39 bits per heavy atom. The van der Waals surface area contributed by atoms with E-state index in [1.165, 1.54) is 12.1 Å². The number of rotatable bonds is 3. The summed E-state index contributed by atoms with van der Waals surface area (Å²) < 4.78 is 36.6. The summed E-state index contributed by atoms with van der Waals surface area (Å²) in [5.41, 5.74) is 0.928. The van der Waals surface area contributed by atoms with Crippen molar-refractivity contribution in [1.29, 1.82) is 0 Å². The Balaban J connectivity index is 3.02. The van der Waals surface area contributed by atoms with Gasteiger partial charge in [-0.05, 0) is 25.5 Å². The topological polar surface area (TPSA) is 40.5 Å². The Kier molecular flexibility index (Phi) is 4.21. The lowest BCUT2D eigenvalue weighted by Gasteiger charge is -2.23. The quantitative estimate of drug-likeness (QED) is 0.908. The smallest absolute Gasteiger partial charge is 0.397 e. The van der Waals surface area contributed by atoms with Crippen molar-refractivity contribution >= 4 is 11.6 Å². The van der Waals surface area contributed by atoms with E-state index in [0.717, 1.165) is 4.90 Å². The second kappa shape index (κ2) is 5.29. The number of alkyl halides is 3. The number of carbonyl (C=O) groups is 1. The van der Waals surface area contributed by atoms with E-state index in [4.69, 9.17) is 0 Å². The largest absolute Gasteiger partial charge is 0.508 e. The highest BCUT2D eigenvalue weighted by Gasteiger charge is 2.33. The lowest BCUT2D eigenvalue weighted by molar-refractivity contribution is -0.151. The number of anilines is 1. The lowest BCUT2D eigenvalue weighted by atomic mass is 10.1. The summed E-state index contributed by atoms with van der Waals surface area (Å²) in [5.74, 6) is -1.12. The van der Waals surface area contributed by atoms with E-state index in [9.17, 15) is 23.1 Å². The Morgan fingerprint density at radius 2 is 2.00 bits per heavy atom. The van der Waals surface area contributed by atoms with Gasteiger partial charge in [-0.25, -0.2) is 0 Å². The molecule has 0 saturated heterocycles. The minimum absolute atomic E-state index is 0.0890. The number of nitrogens with zero attached hydrogens (tertiary/aromatic N) is 1. The molecule has 1 amide bonds. The molecule has 3 nitrogen and oxygen atoms in total. The van der Waals surface area contributed by atoms with Crippen molar-refractivity contribution in [2.75, 3.05) is 11.4 Å². The van der Waals surface area contributed by atoms with Crippen LogP contribution in [0.5, 0.6) is 5.75 Å². The Labute approximate surface area is 103 Å². The third kappa shape index (κ3) is 3.65. The number of carbonyl (C=O) groups excluding carboxylic acids is 1. The predicted molar refractivity (Wildman–Crippen MR) is 61.5 cm³/mol. The molecule has 0 heterocycles. The van der Waals surface area contributed by atoms with Crippen LogP contribution in [0.15, 0.2) is 18.2 Å². The van der Waals surface area contributed by atoms with Gasteiger partial charge >= 0.3 is 6.18 Å². The maximum absolute atomic E-state index is 12.2. The van der Waals surface area contributed by atoms with Crippen LogP contribution in [0.1, 0.15) is 18.9 Å².